The van der Waals surface area contributed by atoms with Crippen LogP contribution >= 0.6 is 0 Å². The smallest absolute Gasteiger partial charge is 0.315 e. The SMILES string of the molecule is CC[C@H](O[C@H](C)C(O)C(O)[C@H](O)CO)/C(O)=C/[C@@H](C)OC(C(O)C(C)(NC(=O)COCCOCCOC)C(C)CO)[C@@H](O)OC(=O)[C@]12CCC(C)(C)CC1CCC1C3(C)CC[C@H](O[C@H](O)/C(O[C@H](O)/C(O)=C(/O)[C@@H](O)CCO)=C(\CCC(=O)O)O[C@H](O)/C(O)=C(/O)[C@@H](C)O)C(C)(C=O)C3CCC1(C)C1(C)C(C)C1C2CO. The quantitative estimate of drug-likeness (QED) is 0.0137. The number of aliphatic hydroxyl groups is 19. The molecule has 0 aromatic rings. The van der Waals surface area contributed by atoms with Gasteiger partial charge in [0.2, 0.25) is 30.0 Å². The Kier molecular flexibility index (Phi) is 35.3. The fraction of sp³-hybridized carbons (Fsp3) is 0.844. The van der Waals surface area contributed by atoms with E-state index in [1.165, 1.54) is 34.8 Å². The minimum Gasteiger partial charge on any atom is -0.510 e. The summed E-state index contributed by atoms with van der Waals surface area (Å²) in [7, 11) is 1.50. The van der Waals surface area contributed by atoms with Crippen molar-refractivity contribution >= 4 is 24.1 Å². The summed E-state index contributed by atoms with van der Waals surface area (Å²) in [6, 6.07) is 0. The van der Waals surface area contributed by atoms with Crippen molar-refractivity contribution in [1.29, 1.82) is 0 Å². The van der Waals surface area contributed by atoms with Crippen LogP contribution in [0.5, 0.6) is 0 Å². The number of fused-ring (bicyclic) bond motifs is 6. The third-order valence-corrected chi connectivity index (χ3v) is 25.9. The lowest BCUT2D eigenvalue weighted by Crippen LogP contribution is -2.66. The number of allylic oxidation sites excluding steroid dienone is 1. The summed E-state index contributed by atoms with van der Waals surface area (Å²) in [6.45, 7) is 19.8. The highest BCUT2D eigenvalue weighted by Crippen LogP contribution is 2.81. The normalized spacial score (nSPS) is 32.7. The Bertz CT molecular complexity index is 3150. The molecule has 0 bridgehead atoms. The van der Waals surface area contributed by atoms with Crippen molar-refractivity contribution in [3.8, 4) is 0 Å². The summed E-state index contributed by atoms with van der Waals surface area (Å²) < 4.78 is 52.2. The Morgan fingerprint density at radius 1 is 0.676 bits per heavy atom. The van der Waals surface area contributed by atoms with Crippen LogP contribution < -0.4 is 5.32 Å². The minimum absolute atomic E-state index is 0.0126. The lowest BCUT2D eigenvalue weighted by Gasteiger charge is -2.65. The van der Waals surface area contributed by atoms with Crippen molar-refractivity contribution in [3.63, 3.8) is 0 Å². The maximum atomic E-state index is 16.4. The molecule has 0 spiro atoms. The molecule has 1 amide bonds. The number of aliphatic carboxylic acids is 1. The first kappa shape index (κ1) is 96.4. The molecule has 21 N–H and O–H groups in total. The molecule has 28 atom stereocenters. The zero-order chi connectivity index (χ0) is 84.0. The molecule has 5 saturated carbocycles. The highest BCUT2D eigenvalue weighted by Gasteiger charge is 2.78. The van der Waals surface area contributed by atoms with E-state index in [1.807, 2.05) is 0 Å². The van der Waals surface area contributed by atoms with Crippen LogP contribution in [0.15, 0.2) is 46.4 Å². The standard InChI is InChI=1S/C77H131NO33/c1-15-49(107-43(6)58(92)60(94)48(87)36-82)47(86)32-40(3)106-64(65(97)76(13,39(2)34-80)78-54(88)37-105-31-30-104-29-28-103-14)69(101)111-70(102)77-26-25-71(7,8)33-44(77)16-18-52-72(9)23-21-53(73(10,38-83)51(72)20-24-74(52,11)75(12)41(4)56(75)45(77)35-81)109-68(100)63(110-67(99)62(96)59(93)46(85)22-27-79)50(17-19-55(89)90)108-66(98)61(95)57(91)42(5)84/h32,38-46,48-49,51-53,56,58,60,64-69,79-82,84-87,91-101H,15-31,33-37H2,1-14H3,(H,78,88)(H,89,90)/b47-32-,61-57-,62-59-,63-50-/t39?,40-,41?,42-,43-,44?,45?,46+,48-,49+,51?,52?,53+,56?,58?,60?,64?,65?,66+,67+,68+,69+,72?,73?,74?,75?,76?,77-/m1/s1. The number of hydrogen-bond acceptors (Lipinski definition) is 32. The zero-order valence-corrected chi connectivity index (χ0v) is 66.7. The van der Waals surface area contributed by atoms with E-state index in [-0.39, 0.29) is 57.3 Å². The van der Waals surface area contributed by atoms with Crippen molar-refractivity contribution in [3.05, 3.63) is 46.4 Å². The number of carboxylic acid groups (broad SMARTS) is 1. The summed E-state index contributed by atoms with van der Waals surface area (Å²) in [5, 5.41) is 221. The summed E-state index contributed by atoms with van der Waals surface area (Å²) in [5.41, 5.74) is -7.64. The predicted octanol–water partition coefficient (Wildman–Crippen LogP) is 2.62. The fourth-order valence-electron chi connectivity index (χ4n) is 18.9. The molecule has 5 fully saturated rings. The maximum Gasteiger partial charge on any atom is 0.315 e. The number of carbonyl (C=O) groups is 4. The number of hydrogen-bond donors (Lipinski definition) is 21. The van der Waals surface area contributed by atoms with Crippen molar-refractivity contribution in [2.24, 2.45) is 73.9 Å². The van der Waals surface area contributed by atoms with Crippen molar-refractivity contribution in [1.82, 2.24) is 5.32 Å². The van der Waals surface area contributed by atoms with Gasteiger partial charge in [0.1, 0.15) is 73.2 Å². The Hall–Kier alpha value is -5.16. The van der Waals surface area contributed by atoms with Crippen LogP contribution in [0.3, 0.4) is 0 Å². The second-order valence-electron chi connectivity index (χ2n) is 33.2. The fourth-order valence-corrected chi connectivity index (χ4v) is 18.9. The number of carboxylic acids is 1. The third kappa shape index (κ3) is 21.4. The average Bonchev–Trinajstić information content (AvgIpc) is 1.49. The molecule has 34 heteroatoms. The lowest BCUT2D eigenvalue weighted by molar-refractivity contribution is -0.239. The van der Waals surface area contributed by atoms with E-state index in [9.17, 15) is 117 Å². The van der Waals surface area contributed by atoms with Crippen LogP contribution in [0.25, 0.3) is 0 Å². The number of esters is 1. The zero-order valence-electron chi connectivity index (χ0n) is 66.7. The van der Waals surface area contributed by atoms with Crippen LogP contribution in [0.2, 0.25) is 0 Å². The molecule has 34 nitrogen and oxygen atoms in total. The number of methoxy groups -OCH3 is 1. The molecule has 0 aliphatic heterocycles. The molecular formula is C77H131NO33. The van der Waals surface area contributed by atoms with Crippen molar-refractivity contribution in [2.75, 3.05) is 66.6 Å². The van der Waals surface area contributed by atoms with Gasteiger partial charge in [-0.25, -0.2) is 0 Å². The van der Waals surface area contributed by atoms with Gasteiger partial charge in [-0.3, -0.25) is 14.4 Å². The van der Waals surface area contributed by atoms with E-state index in [4.69, 9.17) is 42.6 Å². The number of aliphatic hydroxyl groups excluding tert-OH is 19. The van der Waals surface area contributed by atoms with E-state index in [1.54, 1.807) is 13.8 Å². The summed E-state index contributed by atoms with van der Waals surface area (Å²) in [6.07, 6.45) is -26.4. The second kappa shape index (κ2) is 40.6. The highest BCUT2D eigenvalue weighted by molar-refractivity contribution is 5.79. The highest BCUT2D eigenvalue weighted by atomic mass is 16.7. The molecule has 0 aromatic heterocycles. The van der Waals surface area contributed by atoms with Crippen LogP contribution in [0.1, 0.15) is 173 Å². The van der Waals surface area contributed by atoms with E-state index < -0.39 is 270 Å². The van der Waals surface area contributed by atoms with E-state index in [0.29, 0.717) is 51.4 Å². The van der Waals surface area contributed by atoms with Gasteiger partial charge < -0.3 is 155 Å². The van der Waals surface area contributed by atoms with E-state index >= 15 is 4.79 Å². The largest absolute Gasteiger partial charge is 0.510 e. The van der Waals surface area contributed by atoms with Gasteiger partial charge in [-0.15, -0.1) is 0 Å². The number of aldehydes is 1. The summed E-state index contributed by atoms with van der Waals surface area (Å²) in [5.74, 6) is -15.2. The van der Waals surface area contributed by atoms with Gasteiger partial charge >= 0.3 is 11.9 Å². The number of amides is 1. The molecule has 0 radical (unpaired) electrons. The van der Waals surface area contributed by atoms with Gasteiger partial charge in [0.05, 0.1) is 74.1 Å². The van der Waals surface area contributed by atoms with Gasteiger partial charge in [0, 0.05) is 51.6 Å². The molecule has 0 saturated heterocycles. The van der Waals surface area contributed by atoms with Crippen LogP contribution in [0, 0.1) is 73.9 Å². The van der Waals surface area contributed by atoms with E-state index in [2.05, 4.69) is 46.9 Å². The molecule has 0 heterocycles. The second-order valence-corrected chi connectivity index (χ2v) is 33.2. The molecule has 642 valence electrons. The Morgan fingerprint density at radius 2 is 1.30 bits per heavy atom. The van der Waals surface area contributed by atoms with Crippen LogP contribution in [0.4, 0.5) is 0 Å². The topological polar surface area (TPSA) is 568 Å². The molecule has 5 aliphatic carbocycles. The molecule has 16 unspecified atom stereocenters. The molecule has 111 heavy (non-hydrogen) atoms. The van der Waals surface area contributed by atoms with Crippen LogP contribution in [-0.2, 0) is 61.8 Å². The third-order valence-electron chi connectivity index (χ3n) is 25.9. The monoisotopic (exact) mass is 1600 g/mol. The molecule has 5 aliphatic rings. The Labute approximate surface area is 649 Å². The van der Waals surface area contributed by atoms with Crippen molar-refractivity contribution < 1.29 is 164 Å². The minimum atomic E-state index is -2.77. The number of ether oxygens (including phenoxy) is 9. The number of rotatable bonds is 45. The first-order valence-electron chi connectivity index (χ1n) is 38.5. The van der Waals surface area contributed by atoms with Crippen molar-refractivity contribution in [2.45, 2.75) is 271 Å². The molecular weight excluding hydrogens is 1470 g/mol. The van der Waals surface area contributed by atoms with Gasteiger partial charge in [-0.1, -0.05) is 62.3 Å². The number of carbonyl (C=O) groups excluding carboxylic acids is 3. The van der Waals surface area contributed by atoms with E-state index in [0.717, 1.165) is 13.0 Å². The summed E-state index contributed by atoms with van der Waals surface area (Å²) in [4.78, 5) is 56.7. The molecule has 5 rings (SSSR count). The lowest BCUT2D eigenvalue weighted by atomic mass is 9.39. The Balaban J connectivity index is 1.63. The van der Waals surface area contributed by atoms with Gasteiger partial charge in [0.15, 0.2) is 17.3 Å². The summed E-state index contributed by atoms with van der Waals surface area (Å²) >= 11 is 0. The van der Waals surface area contributed by atoms with Gasteiger partial charge in [0.25, 0.3) is 12.6 Å². The number of nitrogens with one attached hydrogen (secondary N) is 1. The van der Waals surface area contributed by atoms with Crippen LogP contribution in [-0.4, -0.2) is 291 Å². The average molecular weight is 1600 g/mol. The van der Waals surface area contributed by atoms with Gasteiger partial charge in [-0.2, -0.15) is 0 Å². The predicted molar refractivity (Wildman–Crippen MR) is 392 cm³/mol. The maximum absolute atomic E-state index is 16.4. The first-order chi connectivity index (χ1) is 51.8. The Morgan fingerprint density at radius 3 is 1.87 bits per heavy atom. The molecule has 0 aromatic carbocycles. The first-order valence-corrected chi connectivity index (χ1v) is 38.5. The van der Waals surface area contributed by atoms with Gasteiger partial charge in [-0.05, 0) is 149 Å².